The molecule has 3 heterocycles. The number of fused-ring (bicyclic) bond motifs is 1. The summed E-state index contributed by atoms with van der Waals surface area (Å²) in [5.74, 6) is -0.132. The van der Waals surface area contributed by atoms with E-state index in [0.29, 0.717) is 23.1 Å². The second kappa shape index (κ2) is 7.33. The van der Waals surface area contributed by atoms with Crippen LogP contribution in [0.5, 0.6) is 0 Å². The number of nitrogens with zero attached hydrogens (tertiary/aromatic N) is 3. The first-order valence-corrected chi connectivity index (χ1v) is 11.4. The van der Waals surface area contributed by atoms with Gasteiger partial charge in [-0.1, -0.05) is 12.1 Å². The first kappa shape index (κ1) is 20.0. The summed E-state index contributed by atoms with van der Waals surface area (Å²) in [6.07, 6.45) is 4.23. The summed E-state index contributed by atoms with van der Waals surface area (Å²) >= 11 is 1.83. The van der Waals surface area contributed by atoms with Gasteiger partial charge in [-0.15, -0.1) is 11.8 Å². The summed E-state index contributed by atoms with van der Waals surface area (Å²) in [7, 11) is 0. The largest absolute Gasteiger partial charge is 0.477 e. The summed E-state index contributed by atoms with van der Waals surface area (Å²) in [5, 5.41) is 23.0. The van der Waals surface area contributed by atoms with Crippen molar-refractivity contribution in [3.8, 4) is 0 Å². The topological polar surface area (TPSA) is 121 Å². The van der Waals surface area contributed by atoms with Crippen LogP contribution in [0.15, 0.2) is 38.8 Å². The van der Waals surface area contributed by atoms with Gasteiger partial charge < -0.3 is 25.5 Å². The number of carbonyl (C=O) groups is 1. The fraction of sp³-hybridized carbons (Fsp3) is 0.409. The summed E-state index contributed by atoms with van der Waals surface area (Å²) in [6.45, 7) is 3.42. The Morgan fingerprint density at radius 1 is 1.32 bits per heavy atom. The van der Waals surface area contributed by atoms with Crippen LogP contribution in [0.4, 0.5) is 11.4 Å². The van der Waals surface area contributed by atoms with Crippen LogP contribution in [0.1, 0.15) is 42.6 Å². The maximum absolute atomic E-state index is 12.8. The molecule has 1 unspecified atom stereocenters. The number of benzene rings is 1. The first-order chi connectivity index (χ1) is 14.9. The SMILES string of the molecule is CC1CSC2=C(CN(c3cc4c(cc3N)c(=O)c(C(=O)O)cn4C3CC3)CC2)/C1=N/O. The van der Waals surface area contributed by atoms with E-state index in [1.807, 2.05) is 22.4 Å². The molecule has 3 aliphatic rings. The third-order valence-corrected chi connectivity index (χ3v) is 7.84. The molecule has 162 valence electrons. The van der Waals surface area contributed by atoms with Gasteiger partial charge in [0, 0.05) is 48.0 Å². The van der Waals surface area contributed by atoms with Crippen molar-refractivity contribution in [2.45, 2.75) is 32.2 Å². The predicted molar refractivity (Wildman–Crippen MR) is 123 cm³/mol. The summed E-state index contributed by atoms with van der Waals surface area (Å²) < 4.78 is 1.91. The molecule has 1 saturated carbocycles. The predicted octanol–water partition coefficient (Wildman–Crippen LogP) is 3.29. The fourth-order valence-electron chi connectivity index (χ4n) is 4.58. The van der Waals surface area contributed by atoms with Crippen LogP contribution in [0.3, 0.4) is 0 Å². The average Bonchev–Trinajstić information content (AvgIpc) is 3.58. The van der Waals surface area contributed by atoms with Crippen molar-refractivity contribution in [2.75, 3.05) is 29.5 Å². The molecule has 1 fully saturated rings. The lowest BCUT2D eigenvalue weighted by Gasteiger charge is -2.36. The Morgan fingerprint density at radius 2 is 2.10 bits per heavy atom. The molecule has 0 radical (unpaired) electrons. The molecule has 1 atom stereocenters. The van der Waals surface area contributed by atoms with Crippen LogP contribution in [0, 0.1) is 5.92 Å². The van der Waals surface area contributed by atoms with Crippen LogP contribution in [0.25, 0.3) is 10.9 Å². The molecule has 31 heavy (non-hydrogen) atoms. The van der Waals surface area contributed by atoms with Gasteiger partial charge in [-0.05, 0) is 36.3 Å². The molecule has 2 aromatic rings. The molecule has 4 N–H and O–H groups in total. The minimum absolute atomic E-state index is 0.178. The lowest BCUT2D eigenvalue weighted by atomic mass is 9.95. The molecule has 0 amide bonds. The number of hydrogen-bond acceptors (Lipinski definition) is 7. The minimum atomic E-state index is -1.22. The highest BCUT2D eigenvalue weighted by molar-refractivity contribution is 8.03. The minimum Gasteiger partial charge on any atom is -0.477 e. The van der Waals surface area contributed by atoms with E-state index in [0.717, 1.165) is 48.5 Å². The number of carboxylic acids is 1. The van der Waals surface area contributed by atoms with Crippen molar-refractivity contribution in [1.82, 2.24) is 4.57 Å². The molecule has 1 aliphatic carbocycles. The molecule has 0 spiro atoms. The number of hydrogen-bond donors (Lipinski definition) is 3. The van der Waals surface area contributed by atoms with Crippen molar-refractivity contribution in [2.24, 2.45) is 11.1 Å². The van der Waals surface area contributed by atoms with Gasteiger partial charge in [-0.2, -0.15) is 0 Å². The Morgan fingerprint density at radius 3 is 2.77 bits per heavy atom. The molecule has 0 bridgehead atoms. The number of carboxylic acid groups (broad SMARTS) is 1. The fourth-order valence-corrected chi connectivity index (χ4v) is 5.77. The van der Waals surface area contributed by atoms with E-state index >= 15 is 0 Å². The number of aromatic nitrogens is 1. The zero-order valence-corrected chi connectivity index (χ0v) is 18.0. The van der Waals surface area contributed by atoms with E-state index < -0.39 is 11.4 Å². The van der Waals surface area contributed by atoms with Crippen molar-refractivity contribution in [1.29, 1.82) is 0 Å². The Bertz CT molecular complexity index is 1230. The Labute approximate surface area is 183 Å². The number of nitrogen functional groups attached to an aromatic ring is 1. The van der Waals surface area contributed by atoms with Crippen LogP contribution in [-0.4, -0.2) is 45.4 Å². The average molecular weight is 441 g/mol. The number of nitrogens with two attached hydrogens (primary N) is 1. The molecule has 0 saturated heterocycles. The lowest BCUT2D eigenvalue weighted by molar-refractivity contribution is 0.0695. The van der Waals surface area contributed by atoms with E-state index in [-0.39, 0.29) is 17.5 Å². The van der Waals surface area contributed by atoms with Crippen molar-refractivity contribution >= 4 is 45.7 Å². The third-order valence-electron chi connectivity index (χ3n) is 6.38. The molecule has 8 nitrogen and oxygen atoms in total. The first-order valence-electron chi connectivity index (χ1n) is 10.4. The Kier molecular flexibility index (Phi) is 4.73. The zero-order chi connectivity index (χ0) is 21.9. The van der Waals surface area contributed by atoms with Gasteiger partial charge in [-0.25, -0.2) is 4.79 Å². The summed E-state index contributed by atoms with van der Waals surface area (Å²) in [6, 6.07) is 3.73. The number of oxime groups is 1. The van der Waals surface area contributed by atoms with Gasteiger partial charge in [0.15, 0.2) is 0 Å². The van der Waals surface area contributed by atoms with E-state index in [1.165, 1.54) is 11.1 Å². The second-order valence-electron chi connectivity index (χ2n) is 8.51. The van der Waals surface area contributed by atoms with Gasteiger partial charge in [0.25, 0.3) is 0 Å². The summed E-state index contributed by atoms with van der Waals surface area (Å²) in [5.41, 5.74) is 9.41. The normalized spacial score (nSPS) is 22.8. The summed E-state index contributed by atoms with van der Waals surface area (Å²) in [4.78, 5) is 27.8. The van der Waals surface area contributed by atoms with E-state index in [4.69, 9.17) is 5.73 Å². The van der Waals surface area contributed by atoms with Gasteiger partial charge in [0.2, 0.25) is 5.43 Å². The standard InChI is InChI=1S/C22H24N4O4S/c1-11-10-31-19-4-5-25(8-14(19)20(11)24-30)18-7-17-13(6-16(18)23)21(27)15(22(28)29)9-26(17)12-2-3-12/h6-7,9,11-12,30H,2-5,8,10,23H2,1H3,(H,28,29)/b24-20+. The molecule has 5 rings (SSSR count). The monoisotopic (exact) mass is 440 g/mol. The lowest BCUT2D eigenvalue weighted by Crippen LogP contribution is -2.38. The number of rotatable bonds is 3. The Balaban J connectivity index is 1.62. The highest BCUT2D eigenvalue weighted by atomic mass is 32.2. The molecule has 1 aromatic carbocycles. The van der Waals surface area contributed by atoms with Crippen LogP contribution >= 0.6 is 11.8 Å². The molecule has 9 heteroatoms. The maximum atomic E-state index is 12.8. The van der Waals surface area contributed by atoms with Gasteiger partial charge >= 0.3 is 5.97 Å². The molecule has 1 aromatic heterocycles. The highest BCUT2D eigenvalue weighted by Crippen LogP contribution is 2.41. The van der Waals surface area contributed by atoms with Crippen molar-refractivity contribution < 1.29 is 15.1 Å². The highest BCUT2D eigenvalue weighted by Gasteiger charge is 2.32. The van der Waals surface area contributed by atoms with E-state index in [2.05, 4.69) is 17.0 Å². The van der Waals surface area contributed by atoms with Crippen molar-refractivity contribution in [3.05, 3.63) is 44.6 Å². The van der Waals surface area contributed by atoms with E-state index in [1.54, 1.807) is 6.07 Å². The molecule has 2 aliphatic heterocycles. The zero-order valence-electron chi connectivity index (χ0n) is 17.2. The van der Waals surface area contributed by atoms with Crippen LogP contribution < -0.4 is 16.1 Å². The molecular weight excluding hydrogens is 416 g/mol. The Hall–Kier alpha value is -2.94. The number of anilines is 2. The second-order valence-corrected chi connectivity index (χ2v) is 9.63. The number of thioether (sulfide) groups is 1. The number of pyridine rings is 1. The van der Waals surface area contributed by atoms with Crippen molar-refractivity contribution in [3.63, 3.8) is 0 Å². The van der Waals surface area contributed by atoms with Gasteiger partial charge in [-0.3, -0.25) is 4.79 Å². The van der Waals surface area contributed by atoms with Gasteiger partial charge in [0.05, 0.1) is 22.6 Å². The molecular formula is C22H24N4O4S. The third kappa shape index (κ3) is 3.27. The van der Waals surface area contributed by atoms with E-state index in [9.17, 15) is 19.9 Å². The maximum Gasteiger partial charge on any atom is 0.341 e. The van der Waals surface area contributed by atoms with Crippen LogP contribution in [-0.2, 0) is 0 Å². The quantitative estimate of drug-likeness (QED) is 0.380. The number of aromatic carboxylic acids is 1. The van der Waals surface area contributed by atoms with Crippen LogP contribution in [0.2, 0.25) is 0 Å². The smallest absolute Gasteiger partial charge is 0.341 e. The van der Waals surface area contributed by atoms with Gasteiger partial charge in [0.1, 0.15) is 5.56 Å².